The van der Waals surface area contributed by atoms with Gasteiger partial charge in [0.1, 0.15) is 6.10 Å². The normalized spacial score (nSPS) is 37.7. The van der Waals surface area contributed by atoms with Gasteiger partial charge in [-0.25, -0.2) is 0 Å². The smallest absolute Gasteiger partial charge is 0.193 e. The molecule has 0 aliphatic heterocycles. The fraction of sp³-hybridized carbons (Fsp3) is 0.778. The average Bonchev–Trinajstić information content (AvgIpc) is 3.00. The molecular weight excluding hydrogens is 372 g/mol. The van der Waals surface area contributed by atoms with Gasteiger partial charge in [-0.2, -0.15) is 0 Å². The quantitative estimate of drug-likeness (QED) is 0.472. The third-order valence-electron chi connectivity index (χ3n) is 8.54. The fourth-order valence-electron chi connectivity index (χ4n) is 6.72. The van der Waals surface area contributed by atoms with E-state index in [9.17, 15) is 15.3 Å². The second-order valence-corrected chi connectivity index (χ2v) is 11.2. The van der Waals surface area contributed by atoms with E-state index < -0.39 is 11.9 Å². The van der Waals surface area contributed by atoms with E-state index in [-0.39, 0.29) is 12.8 Å². The molecule has 3 saturated carbocycles. The van der Waals surface area contributed by atoms with E-state index >= 15 is 0 Å². The minimum Gasteiger partial charge on any atom is -0.387 e. The minimum atomic E-state index is -2.05. The molecule has 5 atom stereocenters. The molecule has 0 bridgehead atoms. The summed E-state index contributed by atoms with van der Waals surface area (Å²) in [6.45, 7) is 13.7. The molecule has 170 valence electrons. The Labute approximate surface area is 184 Å². The highest BCUT2D eigenvalue weighted by Crippen LogP contribution is 2.60. The lowest BCUT2D eigenvalue weighted by atomic mass is 9.60. The topological polar surface area (TPSA) is 60.7 Å². The standard InChI is InChI=1S/C27H44O3/c1-18(2)8-6-9-19(3)23-13-14-24-21(10-7-15-26(23,24)5)11-12-22-16-25(28)27(29,30)17-20(22)4/h11-12,18-19,23-25,28-30H,4,6-10,13-17H2,1-3,5H3/t19-,23-,24?,25-,26-/m1/s1. The van der Waals surface area contributed by atoms with Crippen molar-refractivity contribution in [2.24, 2.45) is 29.1 Å². The van der Waals surface area contributed by atoms with Gasteiger partial charge < -0.3 is 15.3 Å². The summed E-state index contributed by atoms with van der Waals surface area (Å²) in [5.74, 6) is 1.04. The van der Waals surface area contributed by atoms with Crippen molar-refractivity contribution < 1.29 is 15.3 Å². The van der Waals surface area contributed by atoms with Crippen molar-refractivity contribution in [1.82, 2.24) is 0 Å². The Balaban J connectivity index is 1.71. The van der Waals surface area contributed by atoms with Crippen molar-refractivity contribution in [2.75, 3.05) is 0 Å². The maximum Gasteiger partial charge on any atom is 0.193 e. The van der Waals surface area contributed by atoms with Gasteiger partial charge in [0, 0.05) is 12.8 Å². The Bertz CT molecular complexity index is 686. The van der Waals surface area contributed by atoms with Gasteiger partial charge in [0.2, 0.25) is 0 Å². The van der Waals surface area contributed by atoms with E-state index in [1.165, 1.54) is 44.9 Å². The zero-order chi connectivity index (χ0) is 22.1. The van der Waals surface area contributed by atoms with Crippen LogP contribution in [0.1, 0.15) is 91.9 Å². The largest absolute Gasteiger partial charge is 0.387 e. The maximum absolute atomic E-state index is 10.1. The highest BCUT2D eigenvalue weighted by molar-refractivity contribution is 5.37. The van der Waals surface area contributed by atoms with E-state index in [0.29, 0.717) is 11.3 Å². The number of hydrogen-bond acceptors (Lipinski definition) is 3. The molecule has 3 aliphatic rings. The molecule has 0 aromatic carbocycles. The number of aliphatic hydroxyl groups excluding tert-OH is 1. The summed E-state index contributed by atoms with van der Waals surface area (Å²) in [6, 6.07) is 0. The van der Waals surface area contributed by atoms with Gasteiger partial charge >= 0.3 is 0 Å². The van der Waals surface area contributed by atoms with Gasteiger partial charge in [-0.05, 0) is 72.3 Å². The SMILES string of the molecule is C=C1CC(O)(O)[C@H](O)CC1=CC=C1CCC[C@@]2(C)C1CC[C@@H]2[C@H](C)CCCC(C)C. The Hall–Kier alpha value is -0.900. The van der Waals surface area contributed by atoms with Crippen LogP contribution in [0.2, 0.25) is 0 Å². The number of aliphatic hydroxyl groups is 3. The molecule has 3 N–H and O–H groups in total. The first-order chi connectivity index (χ1) is 14.0. The average molecular weight is 417 g/mol. The Morgan fingerprint density at radius 1 is 1.13 bits per heavy atom. The van der Waals surface area contributed by atoms with Gasteiger partial charge in [-0.3, -0.25) is 0 Å². The third kappa shape index (κ3) is 4.95. The minimum absolute atomic E-state index is 0.0142. The molecular formula is C27H44O3. The van der Waals surface area contributed by atoms with Crippen LogP contribution in [0, 0.1) is 29.1 Å². The lowest BCUT2D eigenvalue weighted by Crippen LogP contribution is -2.45. The summed E-state index contributed by atoms with van der Waals surface area (Å²) >= 11 is 0. The molecule has 3 aliphatic carbocycles. The molecule has 3 nitrogen and oxygen atoms in total. The van der Waals surface area contributed by atoms with Gasteiger partial charge in [-0.15, -0.1) is 0 Å². The molecule has 0 saturated heterocycles. The first-order valence-corrected chi connectivity index (χ1v) is 12.2. The second kappa shape index (κ2) is 9.30. The maximum atomic E-state index is 10.1. The Morgan fingerprint density at radius 3 is 2.57 bits per heavy atom. The lowest BCUT2D eigenvalue weighted by molar-refractivity contribution is -0.227. The zero-order valence-electron chi connectivity index (χ0n) is 19.7. The molecule has 0 heterocycles. The molecule has 1 unspecified atom stereocenters. The predicted molar refractivity (Wildman–Crippen MR) is 124 cm³/mol. The molecule has 0 radical (unpaired) electrons. The molecule has 0 aromatic heterocycles. The van der Waals surface area contributed by atoms with Gasteiger partial charge in [-0.1, -0.05) is 71.3 Å². The number of rotatable bonds is 6. The molecule has 3 rings (SSSR count). The van der Waals surface area contributed by atoms with E-state index in [2.05, 4.69) is 46.4 Å². The summed E-state index contributed by atoms with van der Waals surface area (Å²) in [4.78, 5) is 0. The lowest BCUT2D eigenvalue weighted by Gasteiger charge is -2.44. The van der Waals surface area contributed by atoms with Gasteiger partial charge in [0.25, 0.3) is 0 Å². The van der Waals surface area contributed by atoms with Crippen LogP contribution >= 0.6 is 0 Å². The molecule has 0 spiro atoms. The van der Waals surface area contributed by atoms with Gasteiger partial charge in [0.15, 0.2) is 5.79 Å². The Morgan fingerprint density at radius 2 is 1.87 bits per heavy atom. The summed E-state index contributed by atoms with van der Waals surface area (Å²) < 4.78 is 0. The highest BCUT2D eigenvalue weighted by Gasteiger charge is 2.50. The summed E-state index contributed by atoms with van der Waals surface area (Å²) in [7, 11) is 0. The van der Waals surface area contributed by atoms with Crippen molar-refractivity contribution in [3.8, 4) is 0 Å². The van der Waals surface area contributed by atoms with Crippen LogP contribution in [0.5, 0.6) is 0 Å². The van der Waals surface area contributed by atoms with Crippen molar-refractivity contribution in [3.63, 3.8) is 0 Å². The Kier molecular flexibility index (Phi) is 7.37. The van der Waals surface area contributed by atoms with Gasteiger partial charge in [0.05, 0.1) is 0 Å². The van der Waals surface area contributed by atoms with E-state index in [1.807, 2.05) is 0 Å². The van der Waals surface area contributed by atoms with Crippen LogP contribution in [0.15, 0.2) is 35.5 Å². The van der Waals surface area contributed by atoms with Crippen LogP contribution in [0.4, 0.5) is 0 Å². The molecule has 0 amide bonds. The highest BCUT2D eigenvalue weighted by atomic mass is 16.5. The first kappa shape index (κ1) is 23.8. The van der Waals surface area contributed by atoms with E-state index in [1.54, 1.807) is 5.57 Å². The van der Waals surface area contributed by atoms with Crippen molar-refractivity contribution in [3.05, 3.63) is 35.5 Å². The zero-order valence-corrected chi connectivity index (χ0v) is 19.7. The molecule has 3 fully saturated rings. The monoisotopic (exact) mass is 416 g/mol. The summed E-state index contributed by atoms with van der Waals surface area (Å²) in [6.07, 6.45) is 14.0. The summed E-state index contributed by atoms with van der Waals surface area (Å²) in [5.41, 5.74) is 3.65. The molecule has 0 aromatic rings. The van der Waals surface area contributed by atoms with E-state index in [4.69, 9.17) is 0 Å². The van der Waals surface area contributed by atoms with Crippen molar-refractivity contribution in [2.45, 2.75) is 104 Å². The van der Waals surface area contributed by atoms with Crippen LogP contribution in [0.3, 0.4) is 0 Å². The van der Waals surface area contributed by atoms with Crippen LogP contribution < -0.4 is 0 Å². The van der Waals surface area contributed by atoms with Crippen molar-refractivity contribution in [1.29, 1.82) is 0 Å². The summed E-state index contributed by atoms with van der Waals surface area (Å²) in [5, 5.41) is 29.8. The second-order valence-electron chi connectivity index (χ2n) is 11.2. The molecule has 30 heavy (non-hydrogen) atoms. The predicted octanol–water partition coefficient (Wildman–Crippen LogP) is 5.91. The number of hydrogen-bond donors (Lipinski definition) is 3. The van der Waals surface area contributed by atoms with E-state index in [0.717, 1.165) is 35.3 Å². The fourth-order valence-corrected chi connectivity index (χ4v) is 6.72. The van der Waals surface area contributed by atoms with Crippen LogP contribution in [-0.2, 0) is 0 Å². The number of allylic oxidation sites excluding steroid dienone is 3. The number of fused-ring (bicyclic) bond motifs is 1. The first-order valence-electron chi connectivity index (χ1n) is 12.2. The van der Waals surface area contributed by atoms with Crippen LogP contribution in [-0.4, -0.2) is 27.2 Å². The van der Waals surface area contributed by atoms with Crippen LogP contribution in [0.25, 0.3) is 0 Å². The molecule has 3 heteroatoms. The third-order valence-corrected chi connectivity index (χ3v) is 8.54. The van der Waals surface area contributed by atoms with Crippen molar-refractivity contribution >= 4 is 0 Å².